The van der Waals surface area contributed by atoms with Gasteiger partial charge in [-0.15, -0.1) is 0 Å². The van der Waals surface area contributed by atoms with Crippen LogP contribution in [0.4, 0.5) is 13.2 Å². The highest BCUT2D eigenvalue weighted by Gasteiger charge is 2.56. The molecule has 2 aromatic rings. The molecule has 2 saturated carbocycles. The molecule has 2 fully saturated rings. The maximum atomic E-state index is 13.1. The molecule has 1 amide bonds. The molecule has 2 aliphatic rings. The lowest BCUT2D eigenvalue weighted by atomic mass is 9.81. The number of amides is 1. The number of hydrazone groups is 1. The Kier molecular flexibility index (Phi) is 4.21. The molecule has 2 aliphatic carbocycles. The van der Waals surface area contributed by atoms with E-state index in [2.05, 4.69) is 10.5 Å². The van der Waals surface area contributed by atoms with E-state index in [-0.39, 0.29) is 24.2 Å². The Bertz CT molecular complexity index is 856. The summed E-state index contributed by atoms with van der Waals surface area (Å²) < 4.78 is 39.3. The first kappa shape index (κ1) is 17.1. The van der Waals surface area contributed by atoms with E-state index < -0.39 is 18.0 Å². The first-order chi connectivity index (χ1) is 12.4. The minimum absolute atomic E-state index is 0.122. The zero-order valence-electron chi connectivity index (χ0n) is 14.0. The van der Waals surface area contributed by atoms with Crippen LogP contribution in [0, 0.1) is 23.7 Å². The lowest BCUT2D eigenvalue weighted by Gasteiger charge is -2.28. The number of hydrogen-bond donors (Lipinski definition) is 1. The van der Waals surface area contributed by atoms with Crippen LogP contribution in [0.3, 0.4) is 0 Å². The quantitative estimate of drug-likeness (QED) is 0.621. The molecule has 4 rings (SSSR count). The molecule has 2 aromatic carbocycles. The fraction of sp³-hybridized carbons (Fsp3) is 0.400. The molecule has 0 aromatic heterocycles. The van der Waals surface area contributed by atoms with E-state index in [1.165, 1.54) is 6.21 Å². The molecule has 4 atom stereocenters. The van der Waals surface area contributed by atoms with E-state index in [1.807, 2.05) is 30.3 Å². The number of benzene rings is 2. The average Bonchev–Trinajstić information content (AvgIpc) is 3.21. The topological polar surface area (TPSA) is 41.5 Å². The molecule has 0 spiro atoms. The van der Waals surface area contributed by atoms with E-state index in [0.717, 1.165) is 17.2 Å². The average molecular weight is 360 g/mol. The predicted octanol–water partition coefficient (Wildman–Crippen LogP) is 4.78. The summed E-state index contributed by atoms with van der Waals surface area (Å²) in [6.45, 7) is 0. The van der Waals surface area contributed by atoms with Crippen LogP contribution in [0.1, 0.15) is 29.6 Å². The highest BCUT2D eigenvalue weighted by molar-refractivity contribution is 6.07. The standard InChI is InChI=1S/C20H19F3N2O/c21-20(22,23)18-10-12-8-14(17(18)9-12)11-24-25-19(26)16-7-3-5-13-4-1-2-6-15(13)16/h1-7,11-12,14,17-18H,8-10H2,(H,25,26)/b24-11-/t12-,14+,17+,18+/m1/s1. The number of fused-ring (bicyclic) bond motifs is 3. The molecule has 1 N–H and O–H groups in total. The second kappa shape index (κ2) is 6.41. The van der Waals surface area contributed by atoms with E-state index in [0.29, 0.717) is 12.0 Å². The fourth-order valence-electron chi connectivity index (χ4n) is 4.63. The maximum Gasteiger partial charge on any atom is 0.392 e. The van der Waals surface area contributed by atoms with Crippen molar-refractivity contribution in [2.45, 2.75) is 25.4 Å². The summed E-state index contributed by atoms with van der Waals surface area (Å²) in [6.07, 6.45) is -1.06. The van der Waals surface area contributed by atoms with Crippen LogP contribution in [0.5, 0.6) is 0 Å². The zero-order valence-corrected chi connectivity index (χ0v) is 14.0. The summed E-state index contributed by atoms with van der Waals surface area (Å²) in [4.78, 5) is 12.4. The van der Waals surface area contributed by atoms with Crippen molar-refractivity contribution in [2.75, 3.05) is 0 Å². The van der Waals surface area contributed by atoms with Gasteiger partial charge in [0.1, 0.15) is 0 Å². The molecule has 0 saturated heterocycles. The van der Waals surface area contributed by atoms with Crippen LogP contribution in [-0.4, -0.2) is 18.3 Å². The molecule has 0 heterocycles. The minimum atomic E-state index is -4.14. The molecular weight excluding hydrogens is 341 g/mol. The number of rotatable bonds is 3. The van der Waals surface area contributed by atoms with Crippen molar-refractivity contribution in [2.24, 2.45) is 28.8 Å². The van der Waals surface area contributed by atoms with Gasteiger partial charge in [-0.25, -0.2) is 5.43 Å². The number of nitrogens with zero attached hydrogens (tertiary/aromatic N) is 1. The summed E-state index contributed by atoms with van der Waals surface area (Å²) >= 11 is 0. The second-order valence-electron chi connectivity index (χ2n) is 7.29. The third-order valence-electron chi connectivity index (χ3n) is 5.75. The van der Waals surface area contributed by atoms with Crippen molar-refractivity contribution in [1.29, 1.82) is 0 Å². The van der Waals surface area contributed by atoms with Gasteiger partial charge < -0.3 is 0 Å². The highest BCUT2D eigenvalue weighted by atomic mass is 19.4. The summed E-state index contributed by atoms with van der Waals surface area (Å²) in [7, 11) is 0. The third kappa shape index (κ3) is 3.08. The van der Waals surface area contributed by atoms with E-state index in [4.69, 9.17) is 0 Å². The van der Waals surface area contributed by atoms with Crippen LogP contribution in [0.15, 0.2) is 47.6 Å². The van der Waals surface area contributed by atoms with Gasteiger partial charge in [-0.3, -0.25) is 4.79 Å². The van der Waals surface area contributed by atoms with Crippen molar-refractivity contribution in [3.63, 3.8) is 0 Å². The largest absolute Gasteiger partial charge is 0.392 e. The predicted molar refractivity (Wildman–Crippen MR) is 93.8 cm³/mol. The van der Waals surface area contributed by atoms with Crippen molar-refractivity contribution < 1.29 is 18.0 Å². The minimum Gasteiger partial charge on any atom is -0.267 e. The lowest BCUT2D eigenvalue weighted by molar-refractivity contribution is -0.189. The van der Waals surface area contributed by atoms with Crippen LogP contribution in [-0.2, 0) is 0 Å². The van der Waals surface area contributed by atoms with Crippen LogP contribution < -0.4 is 5.43 Å². The number of nitrogens with one attached hydrogen (secondary N) is 1. The van der Waals surface area contributed by atoms with Gasteiger partial charge in [-0.2, -0.15) is 18.3 Å². The van der Waals surface area contributed by atoms with Gasteiger partial charge >= 0.3 is 6.18 Å². The number of alkyl halides is 3. The number of hydrogen-bond acceptors (Lipinski definition) is 2. The van der Waals surface area contributed by atoms with Gasteiger partial charge in [0.2, 0.25) is 0 Å². The molecule has 6 heteroatoms. The Morgan fingerprint density at radius 3 is 2.62 bits per heavy atom. The molecule has 26 heavy (non-hydrogen) atoms. The van der Waals surface area contributed by atoms with Crippen molar-refractivity contribution >= 4 is 22.9 Å². The van der Waals surface area contributed by atoms with Crippen molar-refractivity contribution in [3.8, 4) is 0 Å². The first-order valence-electron chi connectivity index (χ1n) is 8.81. The monoisotopic (exact) mass is 360 g/mol. The summed E-state index contributed by atoms with van der Waals surface area (Å²) in [6, 6.07) is 13.0. The Hall–Kier alpha value is -2.37. The highest BCUT2D eigenvalue weighted by Crippen LogP contribution is 2.56. The van der Waals surface area contributed by atoms with E-state index in [1.54, 1.807) is 12.1 Å². The third-order valence-corrected chi connectivity index (χ3v) is 5.75. The Morgan fingerprint density at radius 1 is 1.08 bits per heavy atom. The first-order valence-corrected chi connectivity index (χ1v) is 8.81. The van der Waals surface area contributed by atoms with Gasteiger partial charge in [0.05, 0.1) is 5.92 Å². The van der Waals surface area contributed by atoms with Gasteiger partial charge in [0.15, 0.2) is 0 Å². The maximum absolute atomic E-state index is 13.1. The normalized spacial score (nSPS) is 28.1. The van der Waals surface area contributed by atoms with Gasteiger partial charge in [-0.05, 0) is 53.9 Å². The molecule has 0 radical (unpaired) electrons. The van der Waals surface area contributed by atoms with Gasteiger partial charge in [0.25, 0.3) is 5.91 Å². The smallest absolute Gasteiger partial charge is 0.267 e. The zero-order chi connectivity index (χ0) is 18.3. The van der Waals surface area contributed by atoms with E-state index >= 15 is 0 Å². The number of carbonyl (C=O) groups excluding carboxylic acids is 1. The van der Waals surface area contributed by atoms with Crippen LogP contribution in [0.25, 0.3) is 10.8 Å². The van der Waals surface area contributed by atoms with Gasteiger partial charge in [-0.1, -0.05) is 36.4 Å². The molecule has 136 valence electrons. The lowest BCUT2D eigenvalue weighted by Crippen LogP contribution is -2.33. The number of halogens is 3. The van der Waals surface area contributed by atoms with Crippen molar-refractivity contribution in [3.05, 3.63) is 48.0 Å². The SMILES string of the molecule is O=C(N/N=C\[C@@H]1C[C@@H]2C[C@@H]1[C@@H](C(F)(F)F)C2)c1cccc2ccccc12. The molecule has 0 aliphatic heterocycles. The van der Waals surface area contributed by atoms with Crippen LogP contribution >= 0.6 is 0 Å². The molecule has 2 bridgehead atoms. The summed E-state index contributed by atoms with van der Waals surface area (Å²) in [5.74, 6) is -2.08. The van der Waals surface area contributed by atoms with E-state index in [9.17, 15) is 18.0 Å². The molecule has 3 nitrogen and oxygen atoms in total. The fourth-order valence-corrected chi connectivity index (χ4v) is 4.63. The van der Waals surface area contributed by atoms with Crippen LogP contribution in [0.2, 0.25) is 0 Å². The van der Waals surface area contributed by atoms with Gasteiger partial charge in [0, 0.05) is 11.8 Å². The summed E-state index contributed by atoms with van der Waals surface area (Å²) in [5, 5.41) is 5.75. The molecular formula is C20H19F3N2O. The Morgan fingerprint density at radius 2 is 1.85 bits per heavy atom. The molecule has 0 unspecified atom stereocenters. The Labute approximate surface area is 149 Å². The second-order valence-corrected chi connectivity index (χ2v) is 7.29. The Balaban J connectivity index is 1.45. The summed E-state index contributed by atoms with van der Waals surface area (Å²) in [5.41, 5.74) is 2.98. The number of carbonyl (C=O) groups is 1. The van der Waals surface area contributed by atoms with Crippen molar-refractivity contribution in [1.82, 2.24) is 5.43 Å².